The fourth-order valence-electron chi connectivity index (χ4n) is 6.35. The van der Waals surface area contributed by atoms with Crippen LogP contribution in [0.5, 0.6) is 5.88 Å². The van der Waals surface area contributed by atoms with Crippen molar-refractivity contribution >= 4 is 11.2 Å². The van der Waals surface area contributed by atoms with Crippen molar-refractivity contribution in [3.63, 3.8) is 0 Å². The second-order valence-corrected chi connectivity index (χ2v) is 12.4. The highest BCUT2D eigenvalue weighted by Crippen LogP contribution is 2.30. The van der Waals surface area contributed by atoms with Crippen molar-refractivity contribution in [1.29, 1.82) is 0 Å². The van der Waals surface area contributed by atoms with Gasteiger partial charge >= 0.3 is 5.69 Å². The zero-order valence-electron chi connectivity index (χ0n) is 26.3. The Kier molecular flexibility index (Phi) is 9.46. The number of ether oxygens (including phenoxy) is 3. The fourth-order valence-corrected chi connectivity index (χ4v) is 6.35. The lowest BCUT2D eigenvalue weighted by atomic mass is 10.1. The molecule has 2 aliphatic rings. The van der Waals surface area contributed by atoms with Crippen molar-refractivity contribution < 1.29 is 18.6 Å². The normalized spacial score (nSPS) is 17.5. The van der Waals surface area contributed by atoms with Crippen LogP contribution in [0.4, 0.5) is 4.39 Å². The summed E-state index contributed by atoms with van der Waals surface area (Å²) in [6.07, 6.45) is 7.71. The first kappa shape index (κ1) is 31.2. The van der Waals surface area contributed by atoms with Gasteiger partial charge in [-0.1, -0.05) is 12.1 Å². The number of fused-ring (bicyclic) bond motifs is 1. The molecule has 45 heavy (non-hydrogen) atoms. The monoisotopic (exact) mass is 619 g/mol. The van der Waals surface area contributed by atoms with Crippen LogP contribution in [0.3, 0.4) is 0 Å². The minimum absolute atomic E-state index is 0.172. The van der Waals surface area contributed by atoms with E-state index >= 15 is 0 Å². The molecular formula is C34H42FN5O5. The van der Waals surface area contributed by atoms with Crippen LogP contribution in [0.1, 0.15) is 82.5 Å². The summed E-state index contributed by atoms with van der Waals surface area (Å²) in [6, 6.07) is 9.67. The number of aryl methyl sites for hydroxylation is 1. The number of benzene rings is 1. The van der Waals surface area contributed by atoms with Gasteiger partial charge in [0.15, 0.2) is 17.5 Å². The molecule has 1 aliphatic carbocycles. The predicted octanol–water partition coefficient (Wildman–Crippen LogP) is 5.75. The molecule has 11 heteroatoms. The smallest absolute Gasteiger partial charge is 0.332 e. The molecule has 6 rings (SSSR count). The molecule has 1 atom stereocenters. The van der Waals surface area contributed by atoms with E-state index in [-0.39, 0.29) is 37.3 Å². The Labute approximate surface area is 261 Å². The first-order valence-corrected chi connectivity index (χ1v) is 16.2. The van der Waals surface area contributed by atoms with E-state index in [1.54, 1.807) is 16.7 Å². The zero-order valence-corrected chi connectivity index (χ0v) is 26.3. The number of aromatic nitrogens is 5. The molecule has 1 aliphatic heterocycles. The molecule has 1 aromatic carbocycles. The SMILES string of the molecule is Cc1nc(OC2CCCC2)ccc1-c1nc2c(c(=O)n(CCCOC3CCCCO3)c(=O)n2C(C)C)n1Cc1ccc(F)cc1. The number of halogens is 1. The molecule has 0 spiro atoms. The van der Waals surface area contributed by atoms with Gasteiger partial charge in [-0.2, -0.15) is 0 Å². The van der Waals surface area contributed by atoms with Crippen LogP contribution in [0.25, 0.3) is 22.6 Å². The van der Waals surface area contributed by atoms with Crippen LogP contribution in [-0.4, -0.2) is 49.3 Å². The minimum Gasteiger partial charge on any atom is -0.474 e. The Morgan fingerprint density at radius 1 is 0.978 bits per heavy atom. The van der Waals surface area contributed by atoms with Crippen molar-refractivity contribution in [2.24, 2.45) is 0 Å². The second kappa shape index (κ2) is 13.7. The predicted molar refractivity (Wildman–Crippen MR) is 169 cm³/mol. The van der Waals surface area contributed by atoms with Gasteiger partial charge in [-0.15, -0.1) is 0 Å². The average molecular weight is 620 g/mol. The lowest BCUT2D eigenvalue weighted by molar-refractivity contribution is -0.163. The Morgan fingerprint density at radius 2 is 1.73 bits per heavy atom. The molecule has 3 aromatic heterocycles. The highest BCUT2D eigenvalue weighted by Gasteiger charge is 2.25. The molecule has 1 saturated heterocycles. The molecule has 0 N–H and O–H groups in total. The Bertz CT molecular complexity index is 1750. The Hall–Kier alpha value is -3.83. The molecule has 1 saturated carbocycles. The van der Waals surface area contributed by atoms with Gasteiger partial charge in [-0.3, -0.25) is 13.9 Å². The molecule has 0 bridgehead atoms. The number of imidazole rings is 1. The van der Waals surface area contributed by atoms with Gasteiger partial charge in [-0.25, -0.2) is 19.2 Å². The quantitative estimate of drug-likeness (QED) is 0.197. The van der Waals surface area contributed by atoms with E-state index < -0.39 is 11.2 Å². The van der Waals surface area contributed by atoms with Gasteiger partial charge in [0.25, 0.3) is 5.56 Å². The molecule has 4 heterocycles. The molecular weight excluding hydrogens is 577 g/mol. The third kappa shape index (κ3) is 6.74. The van der Waals surface area contributed by atoms with Crippen molar-refractivity contribution in [3.05, 3.63) is 74.3 Å². The van der Waals surface area contributed by atoms with Gasteiger partial charge in [0.05, 0.1) is 12.3 Å². The van der Waals surface area contributed by atoms with Gasteiger partial charge < -0.3 is 18.8 Å². The topological polar surface area (TPSA) is 102 Å². The number of rotatable bonds is 11. The van der Waals surface area contributed by atoms with Crippen molar-refractivity contribution in [2.75, 3.05) is 13.2 Å². The summed E-state index contributed by atoms with van der Waals surface area (Å²) in [4.78, 5) is 37.7. The van der Waals surface area contributed by atoms with Crippen LogP contribution in [0.15, 0.2) is 46.0 Å². The number of hydrogen-bond donors (Lipinski definition) is 0. The van der Waals surface area contributed by atoms with Crippen LogP contribution in [0, 0.1) is 12.7 Å². The third-order valence-corrected chi connectivity index (χ3v) is 8.69. The molecule has 4 aromatic rings. The van der Waals surface area contributed by atoms with E-state index in [0.29, 0.717) is 48.2 Å². The fraction of sp³-hybridized carbons (Fsp3) is 0.529. The van der Waals surface area contributed by atoms with E-state index in [2.05, 4.69) is 0 Å². The Morgan fingerprint density at radius 3 is 2.42 bits per heavy atom. The highest BCUT2D eigenvalue weighted by atomic mass is 19.1. The standard InChI is InChI=1S/C34H42FN5O5/c1-22(2)40-32-30(33(41)38(34(40)42)18-8-20-44-29-11-6-7-19-43-29)39(21-24-12-14-25(35)15-13-24)31(37-32)27-16-17-28(36-23(27)3)45-26-9-4-5-10-26/h12-17,22,26,29H,4-11,18-21H2,1-3H3. The highest BCUT2D eigenvalue weighted by molar-refractivity contribution is 5.78. The van der Waals surface area contributed by atoms with Crippen molar-refractivity contribution in [1.82, 2.24) is 23.7 Å². The second-order valence-electron chi connectivity index (χ2n) is 12.4. The van der Waals surface area contributed by atoms with Crippen LogP contribution < -0.4 is 16.0 Å². The summed E-state index contributed by atoms with van der Waals surface area (Å²) in [5.74, 6) is 0.726. The third-order valence-electron chi connectivity index (χ3n) is 8.69. The summed E-state index contributed by atoms with van der Waals surface area (Å²) in [5, 5.41) is 0. The maximum atomic E-state index is 14.2. The van der Waals surface area contributed by atoms with Crippen LogP contribution in [0.2, 0.25) is 0 Å². The minimum atomic E-state index is -0.423. The van der Waals surface area contributed by atoms with Crippen molar-refractivity contribution in [2.45, 2.75) is 104 Å². The average Bonchev–Trinajstić information content (AvgIpc) is 3.66. The van der Waals surface area contributed by atoms with E-state index in [1.807, 2.05) is 37.5 Å². The molecule has 0 amide bonds. The first-order chi connectivity index (χ1) is 21.8. The molecule has 240 valence electrons. The number of hydrogen-bond acceptors (Lipinski definition) is 7. The number of nitrogens with zero attached hydrogens (tertiary/aromatic N) is 5. The Balaban J connectivity index is 1.42. The van der Waals surface area contributed by atoms with Crippen molar-refractivity contribution in [3.8, 4) is 17.3 Å². The van der Waals surface area contributed by atoms with Gasteiger partial charge in [0, 0.05) is 37.4 Å². The van der Waals surface area contributed by atoms with E-state index in [0.717, 1.165) is 56.1 Å². The van der Waals surface area contributed by atoms with E-state index in [1.165, 1.54) is 16.7 Å². The summed E-state index contributed by atoms with van der Waals surface area (Å²) in [5.41, 5.74) is 2.00. The maximum absolute atomic E-state index is 14.2. The molecule has 2 fully saturated rings. The molecule has 1 unspecified atom stereocenters. The molecule has 0 radical (unpaired) electrons. The molecule has 10 nitrogen and oxygen atoms in total. The zero-order chi connectivity index (χ0) is 31.5. The van der Waals surface area contributed by atoms with E-state index in [4.69, 9.17) is 24.2 Å². The summed E-state index contributed by atoms with van der Waals surface area (Å²) in [7, 11) is 0. The van der Waals surface area contributed by atoms with Crippen LogP contribution >= 0.6 is 0 Å². The summed E-state index contributed by atoms with van der Waals surface area (Å²) < 4.78 is 36.2. The van der Waals surface area contributed by atoms with Gasteiger partial charge in [-0.05, 0) is 95.9 Å². The van der Waals surface area contributed by atoms with Crippen LogP contribution in [-0.2, 0) is 22.6 Å². The summed E-state index contributed by atoms with van der Waals surface area (Å²) in [6.45, 7) is 7.20. The lowest BCUT2D eigenvalue weighted by Gasteiger charge is -2.22. The largest absolute Gasteiger partial charge is 0.474 e. The van der Waals surface area contributed by atoms with E-state index in [9.17, 15) is 14.0 Å². The first-order valence-electron chi connectivity index (χ1n) is 16.2. The van der Waals surface area contributed by atoms with Gasteiger partial charge in [0.2, 0.25) is 5.88 Å². The number of pyridine rings is 1. The van der Waals surface area contributed by atoms with Gasteiger partial charge in [0.1, 0.15) is 17.7 Å². The maximum Gasteiger partial charge on any atom is 0.332 e. The summed E-state index contributed by atoms with van der Waals surface area (Å²) >= 11 is 0. The lowest BCUT2D eigenvalue weighted by Crippen LogP contribution is -2.41.